The molecule has 1 aromatic rings. The Hall–Kier alpha value is -0.450. The molecule has 0 unspecified atom stereocenters. The SMILES string of the molecule is CCN(Cc1ccccn1)CC1(CBr)CCOCC1. The van der Waals surface area contributed by atoms with Gasteiger partial charge < -0.3 is 4.74 Å². The lowest BCUT2D eigenvalue weighted by Crippen LogP contribution is -2.42. The minimum atomic E-state index is 0.364. The van der Waals surface area contributed by atoms with Gasteiger partial charge in [-0.15, -0.1) is 0 Å². The van der Waals surface area contributed by atoms with Gasteiger partial charge in [0.05, 0.1) is 5.69 Å². The number of alkyl halides is 1. The Morgan fingerprint density at radius 1 is 1.37 bits per heavy atom. The molecule has 0 bridgehead atoms. The molecule has 0 saturated carbocycles. The first-order valence-electron chi connectivity index (χ1n) is 7.04. The summed E-state index contributed by atoms with van der Waals surface area (Å²) >= 11 is 3.71. The second kappa shape index (κ2) is 7.36. The summed E-state index contributed by atoms with van der Waals surface area (Å²) < 4.78 is 5.51. The molecule has 1 aromatic heterocycles. The highest BCUT2D eigenvalue weighted by Gasteiger charge is 2.33. The zero-order chi connectivity index (χ0) is 13.6. The zero-order valence-electron chi connectivity index (χ0n) is 11.6. The predicted octanol–water partition coefficient (Wildman–Crippen LogP) is 3.10. The number of halogens is 1. The molecule has 0 aromatic carbocycles. The maximum atomic E-state index is 5.51. The number of ether oxygens (including phenoxy) is 1. The molecular formula is C15H23BrN2O. The molecular weight excluding hydrogens is 304 g/mol. The van der Waals surface area contributed by atoms with Gasteiger partial charge in [-0.05, 0) is 36.9 Å². The van der Waals surface area contributed by atoms with E-state index in [-0.39, 0.29) is 0 Å². The second-order valence-electron chi connectivity index (χ2n) is 5.37. The van der Waals surface area contributed by atoms with Crippen LogP contribution < -0.4 is 0 Å². The molecule has 2 rings (SSSR count). The third kappa shape index (κ3) is 4.26. The summed E-state index contributed by atoms with van der Waals surface area (Å²) in [7, 11) is 0. The Labute approximate surface area is 124 Å². The fourth-order valence-electron chi connectivity index (χ4n) is 2.61. The van der Waals surface area contributed by atoms with Crippen molar-refractivity contribution in [2.45, 2.75) is 26.3 Å². The van der Waals surface area contributed by atoms with Crippen molar-refractivity contribution in [1.82, 2.24) is 9.88 Å². The molecule has 4 heteroatoms. The minimum Gasteiger partial charge on any atom is -0.381 e. The Bertz CT molecular complexity index is 366. The standard InChI is InChI=1S/C15H23BrN2O/c1-2-18(11-14-5-3-4-8-17-14)13-15(12-16)6-9-19-10-7-15/h3-5,8H,2,6-7,9-13H2,1H3. The van der Waals surface area contributed by atoms with Crippen molar-refractivity contribution in [2.75, 3.05) is 31.6 Å². The number of aromatic nitrogens is 1. The van der Waals surface area contributed by atoms with Crippen LogP contribution in [0.4, 0.5) is 0 Å². The number of nitrogens with zero attached hydrogens (tertiary/aromatic N) is 2. The first kappa shape index (κ1) is 14.9. The average molecular weight is 327 g/mol. The van der Waals surface area contributed by atoms with E-state index in [0.29, 0.717) is 5.41 Å². The topological polar surface area (TPSA) is 25.4 Å². The molecule has 0 N–H and O–H groups in total. The van der Waals surface area contributed by atoms with Gasteiger partial charge in [-0.2, -0.15) is 0 Å². The van der Waals surface area contributed by atoms with Crippen LogP contribution in [-0.4, -0.2) is 41.5 Å². The van der Waals surface area contributed by atoms with Crippen LogP contribution in [0.15, 0.2) is 24.4 Å². The smallest absolute Gasteiger partial charge is 0.0543 e. The van der Waals surface area contributed by atoms with Crippen LogP contribution in [0.2, 0.25) is 0 Å². The second-order valence-corrected chi connectivity index (χ2v) is 5.93. The first-order chi connectivity index (χ1) is 9.28. The van der Waals surface area contributed by atoms with E-state index in [1.54, 1.807) is 0 Å². The number of hydrogen-bond acceptors (Lipinski definition) is 3. The normalized spacial score (nSPS) is 18.7. The van der Waals surface area contributed by atoms with E-state index in [1.807, 2.05) is 12.3 Å². The summed E-state index contributed by atoms with van der Waals surface area (Å²) in [5.74, 6) is 0. The molecule has 1 aliphatic heterocycles. The van der Waals surface area contributed by atoms with Gasteiger partial charge in [-0.3, -0.25) is 9.88 Å². The van der Waals surface area contributed by atoms with E-state index in [2.05, 4.69) is 44.9 Å². The maximum absolute atomic E-state index is 5.51. The predicted molar refractivity (Wildman–Crippen MR) is 81.5 cm³/mol. The molecule has 0 atom stereocenters. The van der Waals surface area contributed by atoms with Gasteiger partial charge in [-0.25, -0.2) is 0 Å². The van der Waals surface area contributed by atoms with E-state index < -0.39 is 0 Å². The molecule has 2 heterocycles. The molecule has 106 valence electrons. The van der Waals surface area contributed by atoms with Gasteiger partial charge in [0.2, 0.25) is 0 Å². The van der Waals surface area contributed by atoms with Crippen molar-refractivity contribution in [2.24, 2.45) is 5.41 Å². The van der Waals surface area contributed by atoms with Crippen molar-refractivity contribution in [3.8, 4) is 0 Å². The fraction of sp³-hybridized carbons (Fsp3) is 0.667. The van der Waals surface area contributed by atoms with Crippen LogP contribution in [0.25, 0.3) is 0 Å². The van der Waals surface area contributed by atoms with Crippen LogP contribution in [0.1, 0.15) is 25.5 Å². The van der Waals surface area contributed by atoms with E-state index in [9.17, 15) is 0 Å². The fourth-order valence-corrected chi connectivity index (χ4v) is 3.35. The number of rotatable bonds is 6. The lowest BCUT2D eigenvalue weighted by atomic mass is 9.82. The van der Waals surface area contributed by atoms with E-state index in [4.69, 9.17) is 4.74 Å². The molecule has 0 radical (unpaired) electrons. The lowest BCUT2D eigenvalue weighted by Gasteiger charge is -2.39. The summed E-state index contributed by atoms with van der Waals surface area (Å²) in [4.78, 5) is 6.93. The van der Waals surface area contributed by atoms with Crippen molar-refractivity contribution in [1.29, 1.82) is 0 Å². The summed E-state index contributed by atoms with van der Waals surface area (Å²) in [6.45, 7) is 7.14. The minimum absolute atomic E-state index is 0.364. The number of pyridine rings is 1. The highest BCUT2D eigenvalue weighted by molar-refractivity contribution is 9.09. The van der Waals surface area contributed by atoms with Gasteiger partial charge in [-0.1, -0.05) is 28.9 Å². The van der Waals surface area contributed by atoms with Crippen LogP contribution in [0.3, 0.4) is 0 Å². The van der Waals surface area contributed by atoms with Crippen molar-refractivity contribution >= 4 is 15.9 Å². The number of hydrogen-bond donors (Lipinski definition) is 0. The van der Waals surface area contributed by atoms with Gasteiger partial charge in [0.15, 0.2) is 0 Å². The Kier molecular flexibility index (Phi) is 5.79. The summed E-state index contributed by atoms with van der Waals surface area (Å²) in [5.41, 5.74) is 1.52. The van der Waals surface area contributed by atoms with Crippen molar-refractivity contribution < 1.29 is 4.74 Å². The molecule has 1 fully saturated rings. The Morgan fingerprint density at radius 2 is 2.16 bits per heavy atom. The third-order valence-electron chi connectivity index (χ3n) is 3.95. The van der Waals surface area contributed by atoms with E-state index in [1.165, 1.54) is 0 Å². The maximum Gasteiger partial charge on any atom is 0.0543 e. The van der Waals surface area contributed by atoms with Crippen LogP contribution in [0, 0.1) is 5.41 Å². The lowest BCUT2D eigenvalue weighted by molar-refractivity contribution is 0.00747. The molecule has 1 aliphatic rings. The Balaban J connectivity index is 1.97. The first-order valence-corrected chi connectivity index (χ1v) is 8.16. The zero-order valence-corrected chi connectivity index (χ0v) is 13.2. The summed E-state index contributed by atoms with van der Waals surface area (Å²) in [6.07, 6.45) is 4.17. The molecule has 0 amide bonds. The molecule has 19 heavy (non-hydrogen) atoms. The van der Waals surface area contributed by atoms with Gasteiger partial charge >= 0.3 is 0 Å². The molecule has 1 saturated heterocycles. The highest BCUT2D eigenvalue weighted by atomic mass is 79.9. The quantitative estimate of drug-likeness (QED) is 0.751. The van der Waals surface area contributed by atoms with Crippen molar-refractivity contribution in [3.63, 3.8) is 0 Å². The summed E-state index contributed by atoms with van der Waals surface area (Å²) in [6, 6.07) is 6.14. The molecule has 0 aliphatic carbocycles. The highest BCUT2D eigenvalue weighted by Crippen LogP contribution is 2.33. The van der Waals surface area contributed by atoms with E-state index in [0.717, 1.165) is 56.7 Å². The van der Waals surface area contributed by atoms with Gasteiger partial charge in [0, 0.05) is 37.8 Å². The largest absolute Gasteiger partial charge is 0.381 e. The third-order valence-corrected chi connectivity index (χ3v) is 5.14. The average Bonchev–Trinajstić information content (AvgIpc) is 2.48. The van der Waals surface area contributed by atoms with Crippen LogP contribution in [0.5, 0.6) is 0 Å². The van der Waals surface area contributed by atoms with Crippen molar-refractivity contribution in [3.05, 3.63) is 30.1 Å². The van der Waals surface area contributed by atoms with E-state index >= 15 is 0 Å². The van der Waals surface area contributed by atoms with Gasteiger partial charge in [0.25, 0.3) is 0 Å². The molecule has 0 spiro atoms. The van der Waals surface area contributed by atoms with Crippen LogP contribution in [-0.2, 0) is 11.3 Å². The summed E-state index contributed by atoms with van der Waals surface area (Å²) in [5, 5.41) is 1.06. The molecule has 3 nitrogen and oxygen atoms in total. The van der Waals surface area contributed by atoms with Gasteiger partial charge in [0.1, 0.15) is 0 Å². The monoisotopic (exact) mass is 326 g/mol. The van der Waals surface area contributed by atoms with Crippen LogP contribution >= 0.6 is 15.9 Å². The Morgan fingerprint density at radius 3 is 2.74 bits per heavy atom.